The van der Waals surface area contributed by atoms with Crippen molar-refractivity contribution in [2.45, 2.75) is 39.3 Å². The number of nitro groups is 2. The highest BCUT2D eigenvalue weighted by molar-refractivity contribution is 7.13. The second-order valence-electron chi connectivity index (χ2n) is 7.19. The number of nitrogens with zero attached hydrogens (tertiary/aromatic N) is 3. The predicted octanol–water partition coefficient (Wildman–Crippen LogP) is 3.07. The van der Waals surface area contributed by atoms with Crippen LogP contribution in [0.4, 0.5) is 17.1 Å². The van der Waals surface area contributed by atoms with E-state index in [2.05, 4.69) is 5.32 Å². The van der Waals surface area contributed by atoms with Crippen LogP contribution in [0.3, 0.4) is 0 Å². The molecular formula is C19H22N4O6S. The molecule has 1 aliphatic heterocycles. The van der Waals surface area contributed by atoms with Gasteiger partial charge in [0, 0.05) is 35.6 Å². The molecule has 0 atom stereocenters. The van der Waals surface area contributed by atoms with Crippen LogP contribution >= 0.6 is 11.3 Å². The number of nitrogens with one attached hydrogen (secondary N) is 1. The number of aliphatic hydroxyl groups excluding tert-OH is 1. The van der Waals surface area contributed by atoms with E-state index in [0.29, 0.717) is 30.8 Å². The van der Waals surface area contributed by atoms with E-state index >= 15 is 0 Å². The van der Waals surface area contributed by atoms with Gasteiger partial charge < -0.3 is 15.3 Å². The third kappa shape index (κ3) is 4.26. The highest BCUT2D eigenvalue weighted by Crippen LogP contribution is 2.42. The van der Waals surface area contributed by atoms with Crippen molar-refractivity contribution in [3.05, 3.63) is 59.3 Å². The van der Waals surface area contributed by atoms with Gasteiger partial charge in [-0.2, -0.15) is 0 Å². The van der Waals surface area contributed by atoms with Crippen LogP contribution < -0.4 is 10.2 Å². The molecule has 2 heterocycles. The number of hydrogen-bond donors (Lipinski definition) is 2. The molecule has 0 aliphatic carbocycles. The number of rotatable bonds is 6. The molecule has 0 bridgehead atoms. The molecule has 30 heavy (non-hydrogen) atoms. The van der Waals surface area contributed by atoms with Crippen molar-refractivity contribution >= 4 is 34.3 Å². The first-order valence-corrected chi connectivity index (χ1v) is 10.2. The third-order valence-electron chi connectivity index (χ3n) is 5.27. The summed E-state index contributed by atoms with van der Waals surface area (Å²) in [6, 6.07) is 4.72. The molecule has 2 N–H and O–H groups in total. The number of nitro benzene ring substituents is 2. The molecule has 1 aliphatic rings. The van der Waals surface area contributed by atoms with Gasteiger partial charge >= 0.3 is 5.69 Å². The Labute approximate surface area is 176 Å². The van der Waals surface area contributed by atoms with E-state index in [9.17, 15) is 30.1 Å². The Morgan fingerprint density at radius 2 is 1.90 bits per heavy atom. The zero-order valence-corrected chi connectivity index (χ0v) is 17.4. The van der Waals surface area contributed by atoms with E-state index in [1.54, 1.807) is 11.0 Å². The van der Waals surface area contributed by atoms with E-state index in [4.69, 9.17) is 0 Å². The molecule has 160 valence electrons. The first-order valence-electron chi connectivity index (χ1n) is 9.41. The highest BCUT2D eigenvalue weighted by Gasteiger charge is 2.35. The monoisotopic (exact) mass is 434 g/mol. The van der Waals surface area contributed by atoms with Crippen molar-refractivity contribution in [1.82, 2.24) is 5.32 Å². The Bertz CT molecular complexity index is 997. The Morgan fingerprint density at radius 3 is 2.40 bits per heavy atom. The zero-order chi connectivity index (χ0) is 22.0. The minimum atomic E-state index is -0.659. The van der Waals surface area contributed by atoms with Gasteiger partial charge in [0.15, 0.2) is 5.69 Å². The maximum absolute atomic E-state index is 12.4. The summed E-state index contributed by atoms with van der Waals surface area (Å²) in [5, 5.41) is 35.7. The third-order valence-corrected chi connectivity index (χ3v) is 6.27. The van der Waals surface area contributed by atoms with Crippen LogP contribution in [0.15, 0.2) is 18.2 Å². The summed E-state index contributed by atoms with van der Waals surface area (Å²) in [5.41, 5.74) is -0.423. The van der Waals surface area contributed by atoms with Gasteiger partial charge in [-0.3, -0.25) is 25.0 Å². The number of thiophene rings is 1. The summed E-state index contributed by atoms with van der Waals surface area (Å²) in [7, 11) is 0. The quantitative estimate of drug-likeness (QED) is 0.526. The number of anilines is 1. The van der Waals surface area contributed by atoms with Gasteiger partial charge in [0.25, 0.3) is 11.6 Å². The number of piperidine rings is 1. The van der Waals surface area contributed by atoms with Crippen LogP contribution in [-0.2, 0) is 6.61 Å². The van der Waals surface area contributed by atoms with Crippen molar-refractivity contribution in [2.75, 3.05) is 18.0 Å². The van der Waals surface area contributed by atoms with Gasteiger partial charge in [0.2, 0.25) is 0 Å². The lowest BCUT2D eigenvalue weighted by molar-refractivity contribution is -0.393. The van der Waals surface area contributed by atoms with Gasteiger partial charge in [-0.1, -0.05) is 0 Å². The summed E-state index contributed by atoms with van der Waals surface area (Å²) < 4.78 is 0. The van der Waals surface area contributed by atoms with Crippen LogP contribution in [0.2, 0.25) is 0 Å². The molecule has 3 rings (SSSR count). The summed E-state index contributed by atoms with van der Waals surface area (Å²) in [5.74, 6) is -0.161. The van der Waals surface area contributed by atoms with Gasteiger partial charge in [0.1, 0.15) is 0 Å². The lowest BCUT2D eigenvalue weighted by Gasteiger charge is -2.33. The van der Waals surface area contributed by atoms with Crippen molar-refractivity contribution in [3.8, 4) is 0 Å². The van der Waals surface area contributed by atoms with E-state index in [1.165, 1.54) is 24.3 Å². The zero-order valence-electron chi connectivity index (χ0n) is 16.6. The summed E-state index contributed by atoms with van der Waals surface area (Å²) in [6.07, 6.45) is 1.01. The predicted molar refractivity (Wildman–Crippen MR) is 112 cm³/mol. The number of aliphatic hydroxyl groups is 1. The Balaban J connectivity index is 1.82. The second kappa shape index (κ2) is 8.76. The molecule has 0 unspecified atom stereocenters. The van der Waals surface area contributed by atoms with Crippen LogP contribution in [0.5, 0.6) is 0 Å². The standard InChI is InChI=1S/C19H22N4O6S/c1-11-3-4-16(30-11)19(25)20-14-5-7-21(8-6-14)18-15(22(26)27)9-13(10-24)12(2)17(18)23(28)29/h3-4,9,14,24H,5-8,10H2,1-2H3,(H,20,25). The molecule has 2 aromatic rings. The Hall–Kier alpha value is -3.05. The fourth-order valence-electron chi connectivity index (χ4n) is 3.69. The number of benzene rings is 1. The maximum atomic E-state index is 12.4. The van der Waals surface area contributed by atoms with Crippen LogP contribution in [0, 0.1) is 34.1 Å². The van der Waals surface area contributed by atoms with E-state index < -0.39 is 22.1 Å². The number of aryl methyl sites for hydroxylation is 1. The van der Waals surface area contributed by atoms with Crippen molar-refractivity contribution in [2.24, 2.45) is 0 Å². The van der Waals surface area contributed by atoms with Crippen LogP contribution in [-0.4, -0.2) is 40.0 Å². The molecule has 1 saturated heterocycles. The topological polar surface area (TPSA) is 139 Å². The number of carbonyl (C=O) groups excluding carboxylic acids is 1. The van der Waals surface area contributed by atoms with Gasteiger partial charge in [-0.05, 0) is 44.4 Å². The molecule has 10 nitrogen and oxygen atoms in total. The Kier molecular flexibility index (Phi) is 6.32. The minimum Gasteiger partial charge on any atom is -0.392 e. The number of amides is 1. The molecule has 1 aromatic carbocycles. The van der Waals surface area contributed by atoms with Crippen LogP contribution in [0.25, 0.3) is 0 Å². The first kappa shape index (κ1) is 21.7. The smallest absolute Gasteiger partial charge is 0.302 e. The lowest BCUT2D eigenvalue weighted by Crippen LogP contribution is -2.45. The lowest BCUT2D eigenvalue weighted by atomic mass is 9.99. The van der Waals surface area contributed by atoms with E-state index in [-0.39, 0.29) is 34.5 Å². The van der Waals surface area contributed by atoms with Gasteiger partial charge in [0.05, 0.1) is 21.3 Å². The minimum absolute atomic E-state index is 0.0432. The molecule has 1 amide bonds. The molecular weight excluding hydrogens is 412 g/mol. The molecule has 0 saturated carbocycles. The summed E-state index contributed by atoms with van der Waals surface area (Å²) >= 11 is 1.40. The summed E-state index contributed by atoms with van der Waals surface area (Å²) in [4.78, 5) is 37.7. The molecule has 1 aromatic heterocycles. The maximum Gasteiger partial charge on any atom is 0.302 e. The average molecular weight is 434 g/mol. The molecule has 11 heteroatoms. The average Bonchev–Trinajstić information content (AvgIpc) is 3.14. The van der Waals surface area contributed by atoms with Crippen molar-refractivity contribution in [3.63, 3.8) is 0 Å². The van der Waals surface area contributed by atoms with Crippen molar-refractivity contribution in [1.29, 1.82) is 0 Å². The fourth-order valence-corrected chi connectivity index (χ4v) is 4.46. The van der Waals surface area contributed by atoms with Gasteiger partial charge in [-0.15, -0.1) is 11.3 Å². The number of hydrogen-bond acceptors (Lipinski definition) is 8. The highest BCUT2D eigenvalue weighted by atomic mass is 32.1. The summed E-state index contributed by atoms with van der Waals surface area (Å²) in [6.45, 7) is 3.53. The normalized spacial score (nSPS) is 14.6. The molecule has 0 radical (unpaired) electrons. The number of carbonyl (C=O) groups is 1. The van der Waals surface area contributed by atoms with Crippen LogP contribution in [0.1, 0.15) is 38.5 Å². The second-order valence-corrected chi connectivity index (χ2v) is 8.48. The Morgan fingerprint density at radius 1 is 1.23 bits per heavy atom. The fraction of sp³-hybridized carbons (Fsp3) is 0.421. The molecule has 1 fully saturated rings. The SMILES string of the molecule is Cc1ccc(C(=O)NC2CCN(c3c([N+](=O)[O-])cc(CO)c(C)c3[N+](=O)[O-])CC2)s1. The van der Waals surface area contributed by atoms with E-state index in [1.807, 2.05) is 13.0 Å². The van der Waals surface area contributed by atoms with E-state index in [0.717, 1.165) is 4.88 Å². The molecule has 0 spiro atoms. The first-order chi connectivity index (χ1) is 14.2. The largest absolute Gasteiger partial charge is 0.392 e. The van der Waals surface area contributed by atoms with Crippen molar-refractivity contribution < 1.29 is 19.7 Å². The van der Waals surface area contributed by atoms with Gasteiger partial charge in [-0.25, -0.2) is 0 Å².